The van der Waals surface area contributed by atoms with Crippen LogP contribution < -0.4 is 4.67 Å². The van der Waals surface area contributed by atoms with Crippen LogP contribution in [0.1, 0.15) is 21.0 Å². The second-order valence-corrected chi connectivity index (χ2v) is 10.3. The van der Waals surface area contributed by atoms with Gasteiger partial charge in [-0.3, -0.25) is 9.59 Å². The first-order chi connectivity index (χ1) is 20.0. The summed E-state index contributed by atoms with van der Waals surface area (Å²) in [7, 11) is 0. The third kappa shape index (κ3) is 5.57. The van der Waals surface area contributed by atoms with Crippen molar-refractivity contribution in [2.45, 2.75) is 0 Å². The highest BCUT2D eigenvalue weighted by molar-refractivity contribution is 7.04. The van der Waals surface area contributed by atoms with Gasteiger partial charge in [0.25, 0.3) is 5.91 Å². The fourth-order valence-electron chi connectivity index (χ4n) is 4.27. The lowest BCUT2D eigenvalue weighted by molar-refractivity contribution is 0.0297. The predicted molar refractivity (Wildman–Crippen MR) is 150 cm³/mol. The van der Waals surface area contributed by atoms with Gasteiger partial charge in [0.1, 0.15) is 11.5 Å². The fourth-order valence-corrected chi connectivity index (χ4v) is 5.25. The molecule has 1 aliphatic heterocycles. The van der Waals surface area contributed by atoms with Gasteiger partial charge >= 0.3 is 5.91 Å². The van der Waals surface area contributed by atoms with Crippen LogP contribution in [-0.2, 0) is 4.74 Å². The summed E-state index contributed by atoms with van der Waals surface area (Å²) in [6, 6.07) is 21.7. The molecule has 6 rings (SSSR count). The molecule has 0 radical (unpaired) electrons. The van der Waals surface area contributed by atoms with Crippen LogP contribution in [-0.4, -0.2) is 67.2 Å². The van der Waals surface area contributed by atoms with Crippen LogP contribution >= 0.6 is 23.1 Å². The first kappa shape index (κ1) is 26.7. The van der Waals surface area contributed by atoms with Gasteiger partial charge in [-0.25, -0.2) is 9.07 Å². The summed E-state index contributed by atoms with van der Waals surface area (Å²) >= 11 is 7.09. The van der Waals surface area contributed by atoms with Crippen molar-refractivity contribution in [3.05, 3.63) is 106 Å². The Kier molecular flexibility index (Phi) is 7.51. The third-order valence-electron chi connectivity index (χ3n) is 6.31. The second-order valence-electron chi connectivity index (χ2n) is 8.96. The van der Waals surface area contributed by atoms with Gasteiger partial charge in [-0.2, -0.15) is 9.06 Å². The van der Waals surface area contributed by atoms with E-state index in [1.807, 2.05) is 30.3 Å². The van der Waals surface area contributed by atoms with Gasteiger partial charge in [0.05, 0.1) is 24.6 Å². The van der Waals surface area contributed by atoms with Crippen LogP contribution in [0.4, 0.5) is 4.39 Å². The molecule has 0 saturated carbocycles. The average Bonchev–Trinajstić information content (AvgIpc) is 3.64. The number of carbonyl (C=O) groups excluding carboxylic acids is 2. The summed E-state index contributed by atoms with van der Waals surface area (Å²) in [5, 5.41) is 13.4. The molecular formula is C28H21ClFN7O3S. The lowest BCUT2D eigenvalue weighted by atomic mass is 10.1. The molecule has 0 unspecified atom stereocenters. The van der Waals surface area contributed by atoms with E-state index < -0.39 is 11.7 Å². The Balaban J connectivity index is 1.47. The summed E-state index contributed by atoms with van der Waals surface area (Å²) in [6.45, 7) is 1.61. The van der Waals surface area contributed by atoms with E-state index in [-0.39, 0.29) is 22.0 Å². The summed E-state index contributed by atoms with van der Waals surface area (Å²) in [5.74, 6) is -1.47. The fraction of sp³-hybridized carbons (Fsp3) is 0.143. The summed E-state index contributed by atoms with van der Waals surface area (Å²) < 4.78 is 22.1. The largest absolute Gasteiger partial charge is 0.378 e. The van der Waals surface area contributed by atoms with Gasteiger partial charge < -0.3 is 9.64 Å². The normalized spacial score (nSPS) is 13.9. The number of hydrogen-bond acceptors (Lipinski definition) is 7. The maximum Gasteiger partial charge on any atom is 0.301 e. The first-order valence-electron chi connectivity index (χ1n) is 12.6. The molecule has 5 aromatic rings. The van der Waals surface area contributed by atoms with E-state index in [2.05, 4.69) is 20.4 Å². The molecule has 1 aliphatic rings. The Morgan fingerprint density at radius 2 is 1.59 bits per heavy atom. The SMILES string of the molecule is O=C(N=c1sn(-c2ccc(Cl)cc2)nc1C(=O)N1CCOCC1)c1nnn(-c2ccc(F)cc2)c1-c1ccccc1. The molecule has 2 aromatic heterocycles. The zero-order chi connectivity index (χ0) is 28.3. The molecule has 3 heterocycles. The number of ether oxygens (including phenoxy) is 1. The molecule has 2 amide bonds. The Labute approximate surface area is 242 Å². The van der Waals surface area contributed by atoms with Crippen molar-refractivity contribution >= 4 is 34.9 Å². The van der Waals surface area contributed by atoms with Crippen LogP contribution in [0.3, 0.4) is 0 Å². The third-order valence-corrected chi connectivity index (χ3v) is 7.48. The molecule has 0 aliphatic carbocycles. The maximum absolute atomic E-state index is 13.7. The molecule has 0 atom stereocenters. The van der Waals surface area contributed by atoms with E-state index >= 15 is 0 Å². The zero-order valence-corrected chi connectivity index (χ0v) is 22.9. The van der Waals surface area contributed by atoms with E-state index in [9.17, 15) is 14.0 Å². The monoisotopic (exact) mass is 589 g/mol. The van der Waals surface area contributed by atoms with Crippen molar-refractivity contribution in [2.24, 2.45) is 4.99 Å². The van der Waals surface area contributed by atoms with Gasteiger partial charge in [0, 0.05) is 23.7 Å². The van der Waals surface area contributed by atoms with E-state index in [0.29, 0.717) is 54.0 Å². The molecule has 13 heteroatoms. The highest BCUT2D eigenvalue weighted by Gasteiger charge is 2.26. The van der Waals surface area contributed by atoms with Gasteiger partial charge in [-0.05, 0) is 60.1 Å². The van der Waals surface area contributed by atoms with Crippen LogP contribution in [0.15, 0.2) is 83.9 Å². The van der Waals surface area contributed by atoms with Crippen molar-refractivity contribution < 1.29 is 18.7 Å². The molecule has 3 aromatic carbocycles. The van der Waals surface area contributed by atoms with Crippen molar-refractivity contribution in [1.29, 1.82) is 0 Å². The first-order valence-corrected chi connectivity index (χ1v) is 13.7. The number of morpholine rings is 1. The van der Waals surface area contributed by atoms with Gasteiger partial charge in [0.15, 0.2) is 16.1 Å². The van der Waals surface area contributed by atoms with E-state index in [1.54, 1.807) is 41.3 Å². The number of benzene rings is 3. The molecule has 1 fully saturated rings. The summed E-state index contributed by atoms with van der Waals surface area (Å²) in [6.07, 6.45) is 0. The molecule has 0 bridgehead atoms. The molecule has 1 saturated heterocycles. The molecule has 0 N–H and O–H groups in total. The topological polar surface area (TPSA) is 108 Å². The zero-order valence-electron chi connectivity index (χ0n) is 21.4. The number of aromatic nitrogens is 5. The number of nitrogens with zero attached hydrogens (tertiary/aromatic N) is 7. The van der Waals surface area contributed by atoms with Crippen molar-refractivity contribution in [3.63, 3.8) is 0 Å². The lowest BCUT2D eigenvalue weighted by Gasteiger charge is -2.25. The van der Waals surface area contributed by atoms with Crippen LogP contribution in [0.25, 0.3) is 22.6 Å². The van der Waals surface area contributed by atoms with Gasteiger partial charge in [0.2, 0.25) is 0 Å². The number of rotatable bonds is 5. The van der Waals surface area contributed by atoms with E-state index in [0.717, 1.165) is 11.5 Å². The van der Waals surface area contributed by atoms with Crippen LogP contribution in [0, 0.1) is 5.82 Å². The predicted octanol–water partition coefficient (Wildman–Crippen LogP) is 4.19. The number of halogens is 2. The molecular weight excluding hydrogens is 569 g/mol. The smallest absolute Gasteiger partial charge is 0.301 e. The quantitative estimate of drug-likeness (QED) is 0.304. The Bertz CT molecular complexity index is 1780. The molecule has 41 heavy (non-hydrogen) atoms. The average molecular weight is 590 g/mol. The van der Waals surface area contributed by atoms with E-state index in [4.69, 9.17) is 16.3 Å². The summed E-state index contributed by atoms with van der Waals surface area (Å²) in [4.78, 5) is 33.2. The minimum atomic E-state index is -0.708. The minimum Gasteiger partial charge on any atom is -0.378 e. The van der Waals surface area contributed by atoms with Gasteiger partial charge in [-0.15, -0.1) is 10.2 Å². The van der Waals surface area contributed by atoms with Crippen LogP contribution in [0.5, 0.6) is 0 Å². The minimum absolute atomic E-state index is 0.0308. The van der Waals surface area contributed by atoms with E-state index in [1.165, 1.54) is 20.9 Å². The summed E-state index contributed by atoms with van der Waals surface area (Å²) in [5.41, 5.74) is 2.20. The second kappa shape index (κ2) is 11.5. The number of hydrogen-bond donors (Lipinski definition) is 0. The standard InChI is InChI=1S/C28H21ClFN7O3S/c29-19-6-10-22(11-7-19)37-33-24(28(39)35-14-16-40-17-15-35)27(41-37)31-26(38)23-25(18-4-2-1-3-5-18)36(34-32-23)21-12-8-20(30)9-13-21/h1-13H,14-17H2. The number of carbonyl (C=O) groups is 2. The van der Waals surface area contributed by atoms with Gasteiger partial charge in [-0.1, -0.05) is 47.1 Å². The van der Waals surface area contributed by atoms with Crippen molar-refractivity contribution in [1.82, 2.24) is 29.1 Å². The Hall–Kier alpha value is -4.52. The Morgan fingerprint density at radius 1 is 0.902 bits per heavy atom. The molecule has 0 spiro atoms. The Morgan fingerprint density at radius 3 is 2.29 bits per heavy atom. The molecule has 206 valence electrons. The van der Waals surface area contributed by atoms with Crippen LogP contribution in [0.2, 0.25) is 5.02 Å². The lowest BCUT2D eigenvalue weighted by Crippen LogP contribution is -2.42. The highest BCUT2D eigenvalue weighted by atomic mass is 35.5. The van der Waals surface area contributed by atoms with Crippen molar-refractivity contribution in [2.75, 3.05) is 26.3 Å². The molecule has 10 nitrogen and oxygen atoms in total. The van der Waals surface area contributed by atoms with Crippen molar-refractivity contribution in [3.8, 4) is 22.6 Å². The highest BCUT2D eigenvalue weighted by Crippen LogP contribution is 2.26. The maximum atomic E-state index is 13.7. The number of amides is 2.